The first-order valence-corrected chi connectivity index (χ1v) is 21.1. The van der Waals surface area contributed by atoms with Crippen molar-refractivity contribution < 1.29 is 28.7 Å². The van der Waals surface area contributed by atoms with E-state index in [9.17, 15) is 19.2 Å². The van der Waals surface area contributed by atoms with Crippen LogP contribution in [0, 0.1) is 17.8 Å². The Balaban J connectivity index is 1.09. The zero-order valence-corrected chi connectivity index (χ0v) is 35.8. The van der Waals surface area contributed by atoms with Crippen molar-refractivity contribution in [3.63, 3.8) is 0 Å². The van der Waals surface area contributed by atoms with Gasteiger partial charge in [0.2, 0.25) is 11.7 Å². The van der Waals surface area contributed by atoms with Crippen molar-refractivity contribution in [3.05, 3.63) is 83.9 Å². The fourth-order valence-corrected chi connectivity index (χ4v) is 7.83. The third kappa shape index (κ3) is 12.9. The topological polar surface area (TPSA) is 172 Å². The van der Waals surface area contributed by atoms with E-state index in [1.165, 1.54) is 5.56 Å². The van der Waals surface area contributed by atoms with Gasteiger partial charge in [0.05, 0.1) is 0 Å². The van der Waals surface area contributed by atoms with Gasteiger partial charge in [-0.2, -0.15) is 5.21 Å². The second kappa shape index (κ2) is 19.6. The molecule has 60 heavy (non-hydrogen) atoms. The number of carbonyl (C=O) groups excluding carboxylic acids is 4. The molecular formula is C46H60N8O6. The Morgan fingerprint density at radius 2 is 1.45 bits per heavy atom. The van der Waals surface area contributed by atoms with Crippen LogP contribution in [0.4, 0.5) is 15.3 Å². The maximum Gasteiger partial charge on any atom is 0.410 e. The molecule has 0 radical (unpaired) electrons. The van der Waals surface area contributed by atoms with E-state index in [2.05, 4.69) is 78.6 Å². The number of Topliss-reactive ketones (excluding diaryl/α,β-unsaturated/α-hetero) is 1. The molecule has 6 rings (SSSR count). The standard InChI is InChI=1S/C46H60N8O6/c1-45(2,3)59-43(57)47-29-32-13-17-34(18-14-32)40(55)28-37(42(56)48-38-21-19-35(20-22-38)41-49-51-52-50-41)27-31-11-15-33(16-12-31)39-10-8-7-9-36(39)30-53-23-25-54(26-24-53)44(58)60-46(4,5)6/h7-12,15-16,19-22,32,34,37H,13-14,17-18,23-30H2,1-6H3,(H,47,57)(H,48,56)(H,49,50,51,52)/t32?,34?,37-/m1/s1. The Morgan fingerprint density at radius 1 is 0.800 bits per heavy atom. The van der Waals surface area contributed by atoms with Crippen LogP contribution in [0.25, 0.3) is 22.5 Å². The Bertz CT molecular complexity index is 2040. The molecule has 1 saturated heterocycles. The highest BCUT2D eigenvalue weighted by molar-refractivity contribution is 5.96. The molecule has 3 aromatic carbocycles. The number of benzene rings is 3. The van der Waals surface area contributed by atoms with Gasteiger partial charge in [0.1, 0.15) is 17.0 Å². The molecule has 2 heterocycles. The highest BCUT2D eigenvalue weighted by atomic mass is 16.6. The summed E-state index contributed by atoms with van der Waals surface area (Å²) in [6.07, 6.45) is 2.92. The van der Waals surface area contributed by atoms with E-state index < -0.39 is 23.2 Å². The maximum atomic E-state index is 14.0. The van der Waals surface area contributed by atoms with Gasteiger partial charge < -0.3 is 25.0 Å². The molecule has 1 atom stereocenters. The fourth-order valence-electron chi connectivity index (χ4n) is 7.83. The van der Waals surface area contributed by atoms with Crippen LogP contribution in [0.5, 0.6) is 0 Å². The highest BCUT2D eigenvalue weighted by Gasteiger charge is 2.31. The summed E-state index contributed by atoms with van der Waals surface area (Å²) in [5, 5.41) is 20.1. The van der Waals surface area contributed by atoms with E-state index in [0.29, 0.717) is 37.6 Å². The van der Waals surface area contributed by atoms with E-state index in [-0.39, 0.29) is 36.0 Å². The molecule has 0 bridgehead atoms. The number of piperazine rings is 1. The number of H-pyrrole nitrogens is 1. The number of aromatic nitrogens is 4. The zero-order valence-electron chi connectivity index (χ0n) is 35.8. The lowest BCUT2D eigenvalue weighted by Crippen LogP contribution is -2.49. The largest absolute Gasteiger partial charge is 0.444 e. The van der Waals surface area contributed by atoms with Gasteiger partial charge in [0, 0.05) is 68.8 Å². The quantitative estimate of drug-likeness (QED) is 0.122. The van der Waals surface area contributed by atoms with Crippen molar-refractivity contribution >= 4 is 29.6 Å². The van der Waals surface area contributed by atoms with E-state index in [0.717, 1.165) is 67.6 Å². The van der Waals surface area contributed by atoms with Gasteiger partial charge in [-0.05, 0) is 131 Å². The van der Waals surface area contributed by atoms with Gasteiger partial charge in [0.15, 0.2) is 0 Å². The number of rotatable bonds is 13. The number of alkyl carbamates (subject to hydrolysis) is 1. The molecule has 1 aliphatic carbocycles. The van der Waals surface area contributed by atoms with Gasteiger partial charge in [-0.3, -0.25) is 14.5 Å². The lowest BCUT2D eigenvalue weighted by molar-refractivity contribution is -0.129. The molecule has 14 heteroatoms. The van der Waals surface area contributed by atoms with Crippen molar-refractivity contribution in [2.75, 3.05) is 38.0 Å². The lowest BCUT2D eigenvalue weighted by Gasteiger charge is -2.35. The molecule has 1 aliphatic heterocycles. The molecular weight excluding hydrogens is 761 g/mol. The molecule has 2 aliphatic rings. The van der Waals surface area contributed by atoms with Crippen molar-refractivity contribution in [2.45, 2.75) is 97.8 Å². The smallest absolute Gasteiger partial charge is 0.410 e. The Kier molecular flexibility index (Phi) is 14.4. The number of ketones is 1. The molecule has 0 unspecified atom stereocenters. The number of hydrogen-bond donors (Lipinski definition) is 3. The second-order valence-corrected chi connectivity index (χ2v) is 18.1. The van der Waals surface area contributed by atoms with Crippen LogP contribution in [0.2, 0.25) is 0 Å². The van der Waals surface area contributed by atoms with Crippen LogP contribution < -0.4 is 10.6 Å². The van der Waals surface area contributed by atoms with Crippen LogP contribution in [0.3, 0.4) is 0 Å². The highest BCUT2D eigenvalue weighted by Crippen LogP contribution is 2.32. The Hall–Kier alpha value is -5.63. The normalized spacial score (nSPS) is 18.0. The minimum atomic E-state index is -0.585. The molecule has 0 spiro atoms. The van der Waals surface area contributed by atoms with Gasteiger partial charge in [-0.15, -0.1) is 10.2 Å². The number of nitrogens with one attached hydrogen (secondary N) is 3. The predicted molar refractivity (Wildman–Crippen MR) is 230 cm³/mol. The van der Waals surface area contributed by atoms with Crippen LogP contribution in [0.1, 0.15) is 84.8 Å². The van der Waals surface area contributed by atoms with Crippen molar-refractivity contribution in [2.24, 2.45) is 17.8 Å². The van der Waals surface area contributed by atoms with E-state index >= 15 is 0 Å². The molecule has 4 aromatic rings. The Labute approximate surface area is 353 Å². The summed E-state index contributed by atoms with van der Waals surface area (Å²) in [4.78, 5) is 56.8. The van der Waals surface area contributed by atoms with Crippen molar-refractivity contribution in [3.8, 4) is 22.5 Å². The first-order valence-electron chi connectivity index (χ1n) is 21.1. The summed E-state index contributed by atoms with van der Waals surface area (Å²) in [5.41, 5.74) is 4.64. The van der Waals surface area contributed by atoms with E-state index in [4.69, 9.17) is 9.47 Å². The summed E-state index contributed by atoms with van der Waals surface area (Å²) in [5.74, 6) is -0.111. The van der Waals surface area contributed by atoms with Crippen LogP contribution >= 0.6 is 0 Å². The van der Waals surface area contributed by atoms with Crippen LogP contribution in [-0.4, -0.2) is 98.2 Å². The first-order chi connectivity index (χ1) is 28.6. The van der Waals surface area contributed by atoms with Crippen LogP contribution in [-0.2, 0) is 32.0 Å². The van der Waals surface area contributed by atoms with E-state index in [1.807, 2.05) is 59.7 Å². The molecule has 3 N–H and O–H groups in total. The number of aromatic amines is 1. The summed E-state index contributed by atoms with van der Waals surface area (Å²) in [7, 11) is 0. The third-order valence-corrected chi connectivity index (χ3v) is 11.0. The van der Waals surface area contributed by atoms with Gasteiger partial charge in [-0.1, -0.05) is 48.5 Å². The molecule has 2 fully saturated rings. The first kappa shape index (κ1) is 43.9. The number of nitrogens with zero attached hydrogens (tertiary/aromatic N) is 5. The van der Waals surface area contributed by atoms with Gasteiger partial charge in [0.25, 0.3) is 0 Å². The van der Waals surface area contributed by atoms with E-state index in [1.54, 1.807) is 17.0 Å². The summed E-state index contributed by atoms with van der Waals surface area (Å²) >= 11 is 0. The summed E-state index contributed by atoms with van der Waals surface area (Å²) in [6, 6.07) is 23.9. The monoisotopic (exact) mass is 820 g/mol. The fraction of sp³-hybridized carbons (Fsp3) is 0.500. The van der Waals surface area contributed by atoms with Crippen LogP contribution in [0.15, 0.2) is 72.8 Å². The minimum absolute atomic E-state index is 0.0960. The molecule has 3 amide bonds. The predicted octanol–water partition coefficient (Wildman–Crippen LogP) is 7.67. The number of tetrazole rings is 1. The van der Waals surface area contributed by atoms with Gasteiger partial charge in [-0.25, -0.2) is 9.59 Å². The number of carbonyl (C=O) groups is 4. The average Bonchev–Trinajstić information content (AvgIpc) is 3.75. The van der Waals surface area contributed by atoms with Gasteiger partial charge >= 0.3 is 12.2 Å². The van der Waals surface area contributed by atoms with Crippen molar-refractivity contribution in [1.82, 2.24) is 35.7 Å². The second-order valence-electron chi connectivity index (χ2n) is 18.1. The lowest BCUT2D eigenvalue weighted by atomic mass is 9.77. The molecule has 1 aromatic heterocycles. The number of ether oxygens (including phenoxy) is 2. The number of amides is 3. The number of anilines is 1. The maximum absolute atomic E-state index is 14.0. The SMILES string of the molecule is CC(C)(C)OC(=O)NCC1CCC(C(=O)C[C@@H](Cc2ccc(-c3ccccc3CN3CCN(C(=O)OC(C)(C)C)CC3)cc2)C(=O)Nc2ccc(-c3nn[nH]n3)cc2)CC1. The third-order valence-electron chi connectivity index (χ3n) is 11.0. The molecule has 1 saturated carbocycles. The summed E-state index contributed by atoms with van der Waals surface area (Å²) < 4.78 is 11.0. The zero-order chi connectivity index (χ0) is 42.9. The van der Waals surface area contributed by atoms with Crippen molar-refractivity contribution in [1.29, 1.82) is 0 Å². The summed E-state index contributed by atoms with van der Waals surface area (Å²) in [6.45, 7) is 15.2. The Morgan fingerprint density at radius 3 is 2.08 bits per heavy atom. The molecule has 14 nitrogen and oxygen atoms in total. The minimum Gasteiger partial charge on any atom is -0.444 e. The molecule has 320 valence electrons. The number of hydrogen-bond acceptors (Lipinski definition) is 10. The average molecular weight is 821 g/mol.